The predicted molar refractivity (Wildman–Crippen MR) is 324 cm³/mol. The van der Waals surface area contributed by atoms with Crippen LogP contribution in [0.3, 0.4) is 0 Å². The summed E-state index contributed by atoms with van der Waals surface area (Å²) in [4.78, 5) is 56.9. The van der Waals surface area contributed by atoms with Crippen molar-refractivity contribution in [3.8, 4) is 28.7 Å². The Hall–Kier alpha value is -7.66. The normalized spacial score (nSPS) is 28.8. The van der Waals surface area contributed by atoms with Crippen LogP contribution in [0.25, 0.3) is 27.4 Å². The number of nitrogens with one attached hydrogen (secondary N) is 2. The number of aromatic nitrogens is 1. The van der Waals surface area contributed by atoms with E-state index in [1.807, 2.05) is 9.47 Å². The van der Waals surface area contributed by atoms with Gasteiger partial charge < -0.3 is 74.4 Å². The number of hydrogen-bond donors (Lipinski definition) is 8. The lowest BCUT2D eigenvalue weighted by Gasteiger charge is -2.38. The predicted octanol–water partition coefficient (Wildman–Crippen LogP) is 8.38. The molecule has 0 spiro atoms. The number of halogens is 1. The zero-order valence-electron chi connectivity index (χ0n) is 50.6. The fourth-order valence-corrected chi connectivity index (χ4v) is 12.8. The molecule has 1 aliphatic carbocycles. The number of aliphatic hydroxyl groups is 3. The summed E-state index contributed by atoms with van der Waals surface area (Å²) in [6.07, 6.45) is 10.0. The van der Waals surface area contributed by atoms with Crippen LogP contribution in [0.4, 0.5) is 15.8 Å². The van der Waals surface area contributed by atoms with E-state index in [1.165, 1.54) is 72.6 Å². The summed E-state index contributed by atoms with van der Waals surface area (Å²) in [6, 6.07) is 1.39. The SMILES string of the molecule is C=C(O)c1cn(C2CC2)c2c(OC)c(N3CCC(C(C)NC4CCN(/N=C/c5c6c(O)c7c(O)c(C)c8c(c7c5O)C(=O)[C@@](C)(O/C=C/[C@H](OC)[C@@H](C)[C@@H](OC(C)=O)[C@H](C)[C@H](O)[C@H](C)[C@@H](O)[C@@H](C)/C=C/C=C(/C)C(=O)N6)O8)CC4)C3)c(F)cc2c1=O. The first-order chi connectivity index (χ1) is 40.7. The molecule has 22 heteroatoms. The molecule has 2 saturated heterocycles. The van der Waals surface area contributed by atoms with E-state index in [9.17, 15) is 49.8 Å². The highest BCUT2D eigenvalue weighted by Gasteiger charge is 2.50. The average molecular weight is 1190 g/mol. The summed E-state index contributed by atoms with van der Waals surface area (Å²) < 4.78 is 48.0. The van der Waals surface area contributed by atoms with Gasteiger partial charge in [-0.05, 0) is 70.9 Å². The minimum atomic E-state index is -2.11. The van der Waals surface area contributed by atoms with Crippen molar-refractivity contribution < 1.29 is 73.1 Å². The third kappa shape index (κ3) is 11.8. The number of aromatic hydroxyl groups is 3. The Morgan fingerprint density at radius 2 is 1.65 bits per heavy atom. The monoisotopic (exact) mass is 1190 g/mol. The first-order valence-corrected chi connectivity index (χ1v) is 29.4. The molecular formula is C64H81FN6O15. The van der Waals surface area contributed by atoms with Crippen molar-refractivity contribution in [1.82, 2.24) is 14.9 Å². The largest absolute Gasteiger partial charge is 0.508 e. The number of ether oxygens (including phenoxy) is 5. The number of amides is 1. The van der Waals surface area contributed by atoms with Crippen molar-refractivity contribution in [2.45, 2.75) is 143 Å². The number of phenolic OH excluding ortho intramolecular Hbond substituents is 3. The van der Waals surface area contributed by atoms with E-state index in [0.29, 0.717) is 44.5 Å². The number of ketones is 1. The van der Waals surface area contributed by atoms with Gasteiger partial charge in [0.15, 0.2) is 17.3 Å². The van der Waals surface area contributed by atoms with Gasteiger partial charge in [-0.3, -0.25) is 24.2 Å². The molecule has 3 aromatic carbocycles. The van der Waals surface area contributed by atoms with Crippen molar-refractivity contribution in [2.75, 3.05) is 50.6 Å². The second-order valence-corrected chi connectivity index (χ2v) is 24.1. The summed E-state index contributed by atoms with van der Waals surface area (Å²) in [7, 11) is 2.90. The minimum Gasteiger partial charge on any atom is -0.508 e. The third-order valence-corrected chi connectivity index (χ3v) is 18.3. The lowest BCUT2D eigenvalue weighted by atomic mass is 9.78. The molecule has 21 nitrogen and oxygen atoms in total. The molecule has 3 fully saturated rings. The Bertz CT molecular complexity index is 3530. The molecule has 5 aliphatic heterocycles. The summed E-state index contributed by atoms with van der Waals surface area (Å²) in [5.74, 6) is -9.45. The molecular weight excluding hydrogens is 1110 g/mol. The topological polar surface area (TPSA) is 284 Å². The maximum absolute atomic E-state index is 16.3. The Balaban J connectivity index is 0.986. The second kappa shape index (κ2) is 25.0. The summed E-state index contributed by atoms with van der Waals surface area (Å²) >= 11 is 0. The first-order valence-electron chi connectivity index (χ1n) is 29.4. The van der Waals surface area contributed by atoms with Crippen LogP contribution in [0.1, 0.15) is 121 Å². The number of Topliss-reactive ketones (excluding diaryl/α,β-unsaturated/α-hetero) is 1. The van der Waals surface area contributed by atoms with E-state index in [0.717, 1.165) is 19.3 Å². The number of hydrogen-bond acceptors (Lipinski definition) is 19. The molecule has 10 rings (SSSR count). The smallest absolute Gasteiger partial charge is 0.312 e. The molecule has 1 aromatic heterocycles. The average Bonchev–Trinajstić information content (AvgIpc) is 1.75. The quantitative estimate of drug-likeness (QED) is 0.0230. The number of carbonyl (C=O) groups is 3. The van der Waals surface area contributed by atoms with Gasteiger partial charge in [0.25, 0.3) is 11.7 Å². The lowest BCUT2D eigenvalue weighted by Crippen LogP contribution is -2.46. The number of hydrazone groups is 1. The number of aliphatic hydroxyl groups excluding tert-OH is 3. The molecule has 6 heterocycles. The Labute approximate surface area is 499 Å². The van der Waals surface area contributed by atoms with Crippen LogP contribution in [0.5, 0.6) is 28.7 Å². The van der Waals surface area contributed by atoms with Gasteiger partial charge in [0, 0.05) is 112 Å². The van der Waals surface area contributed by atoms with Gasteiger partial charge in [-0.25, -0.2) is 4.39 Å². The van der Waals surface area contributed by atoms with E-state index in [1.54, 1.807) is 51.1 Å². The fourth-order valence-electron chi connectivity index (χ4n) is 12.8. The van der Waals surface area contributed by atoms with E-state index in [2.05, 4.69) is 24.1 Å². The highest BCUT2D eigenvalue weighted by Crippen LogP contribution is 2.55. The molecule has 1 saturated carbocycles. The molecule has 4 aromatic rings. The third-order valence-electron chi connectivity index (χ3n) is 18.3. The van der Waals surface area contributed by atoms with E-state index < -0.39 is 100 Å². The number of pyridine rings is 1. The standard InChI is InChI=1S/C64H81FN6O15/c1-30-14-13-15-31(2)63(81)68-50-43(27-66-70-23-19-40(20-24-70)67-36(7)39-18-22-69(28-39)52-45(65)26-42-51(61(52)83-12)71(41-16-17-41)29-44(37(8)72)56(42)77)57(78)47-48(58(50)79)55(76)35(6)60-49(47)62(80)64(10,86-60)84-25-21-46(82-11)32(3)59(85-38(9)73)34(5)54(75)33(4)53(30)74/h13-15,21,25-27,29-30,32-34,36,39-41,46,53-54,59,67,72,74-76,78-79H,8,16-20,22-24,28H2,1-7,9-12H3,(H,68,81)/b14-13+,25-21+,31-15-,66-27+/t30-,32+,33+,34+,36?,39?,46-,53-,54+,59+,64-/m0/s1. The highest BCUT2D eigenvalue weighted by atomic mass is 19.1. The zero-order valence-corrected chi connectivity index (χ0v) is 50.6. The Morgan fingerprint density at radius 3 is 2.29 bits per heavy atom. The van der Waals surface area contributed by atoms with Crippen LogP contribution in [-0.2, 0) is 23.8 Å². The number of nitrogens with zero attached hydrogens (tertiary/aromatic N) is 4. The van der Waals surface area contributed by atoms with Gasteiger partial charge in [0.2, 0.25) is 5.43 Å². The number of anilines is 2. The fraction of sp³-hybridized carbons (Fsp3) is 0.516. The van der Waals surface area contributed by atoms with Gasteiger partial charge >= 0.3 is 11.8 Å². The van der Waals surface area contributed by atoms with Crippen molar-refractivity contribution in [1.29, 1.82) is 0 Å². The van der Waals surface area contributed by atoms with Crippen LogP contribution < -0.4 is 30.4 Å². The first kappa shape index (κ1) is 62.9. The van der Waals surface area contributed by atoms with Crippen LogP contribution >= 0.6 is 0 Å². The second-order valence-electron chi connectivity index (χ2n) is 24.1. The van der Waals surface area contributed by atoms with Gasteiger partial charge in [-0.15, -0.1) is 0 Å². The van der Waals surface area contributed by atoms with Crippen LogP contribution in [0, 0.1) is 42.3 Å². The summed E-state index contributed by atoms with van der Waals surface area (Å²) in [5, 5.41) is 82.5. The number of methoxy groups -OCH3 is 2. The van der Waals surface area contributed by atoms with Gasteiger partial charge in [-0.2, -0.15) is 5.10 Å². The number of rotatable bonds is 11. The number of benzene rings is 3. The molecule has 8 N–H and O–H groups in total. The highest BCUT2D eigenvalue weighted by molar-refractivity contribution is 6.24. The van der Waals surface area contributed by atoms with Crippen molar-refractivity contribution >= 4 is 62.7 Å². The van der Waals surface area contributed by atoms with Gasteiger partial charge in [0.1, 0.15) is 34.8 Å². The molecule has 86 heavy (non-hydrogen) atoms. The Kier molecular flexibility index (Phi) is 18.3. The molecule has 0 radical (unpaired) electrons. The molecule has 464 valence electrons. The number of piperidine rings is 1. The molecule has 11 atom stereocenters. The number of esters is 1. The van der Waals surface area contributed by atoms with Gasteiger partial charge in [-0.1, -0.05) is 52.5 Å². The van der Waals surface area contributed by atoms with Crippen molar-refractivity contribution in [3.05, 3.63) is 93.3 Å². The number of carbonyl (C=O) groups excluding carboxylic acids is 3. The number of phenols is 3. The van der Waals surface area contributed by atoms with Crippen molar-refractivity contribution in [3.63, 3.8) is 0 Å². The van der Waals surface area contributed by atoms with Crippen LogP contribution in [-0.4, -0.2) is 147 Å². The minimum absolute atomic E-state index is 0.00909. The van der Waals surface area contributed by atoms with Crippen LogP contribution in [0.2, 0.25) is 0 Å². The maximum Gasteiger partial charge on any atom is 0.312 e. The van der Waals surface area contributed by atoms with E-state index in [-0.39, 0.29) is 96.7 Å². The van der Waals surface area contributed by atoms with Crippen molar-refractivity contribution in [2.24, 2.45) is 34.7 Å². The molecule has 5 bridgehead atoms. The molecule has 2 unspecified atom stereocenters. The van der Waals surface area contributed by atoms with E-state index >= 15 is 4.39 Å². The summed E-state index contributed by atoms with van der Waals surface area (Å²) in [5.41, 5.74) is -0.316. The zero-order chi connectivity index (χ0) is 62.5. The molecule has 1 amide bonds. The molecule has 6 aliphatic rings. The number of fused-ring (bicyclic) bond motifs is 15. The number of allylic oxidation sites excluding steroid dienone is 2. The van der Waals surface area contributed by atoms with Gasteiger partial charge in [0.05, 0.1) is 76.6 Å². The van der Waals surface area contributed by atoms with E-state index in [4.69, 9.17) is 28.8 Å². The Morgan fingerprint density at radius 1 is 0.953 bits per heavy atom. The summed E-state index contributed by atoms with van der Waals surface area (Å²) in [6.45, 7) is 20.1. The maximum atomic E-state index is 16.3. The lowest BCUT2D eigenvalue weighted by molar-refractivity contribution is -0.160. The van der Waals surface area contributed by atoms with Crippen LogP contribution in [0.15, 0.2) is 64.9 Å².